The Morgan fingerprint density at radius 2 is 1.37 bits per heavy atom. The maximum atomic E-state index is 15.1. The lowest BCUT2D eigenvalue weighted by atomic mass is 9.67. The van der Waals surface area contributed by atoms with E-state index in [1.54, 1.807) is 41.5 Å². The zero-order chi connectivity index (χ0) is 27.4. The third-order valence-corrected chi connectivity index (χ3v) is 6.18. The molecular formula is C24H34Cl2F2N2O5. The Kier molecular flexibility index (Phi) is 10.4. The van der Waals surface area contributed by atoms with Gasteiger partial charge in [0.25, 0.3) is 5.91 Å². The van der Waals surface area contributed by atoms with Crippen molar-refractivity contribution in [3.63, 3.8) is 0 Å². The molecule has 7 nitrogen and oxygen atoms in total. The number of carboxylic acid groups (broad SMARTS) is 2. The molecule has 1 aromatic rings. The summed E-state index contributed by atoms with van der Waals surface area (Å²) in [5.41, 5.74) is -5.10. The molecule has 0 radical (unpaired) electrons. The zero-order valence-electron chi connectivity index (χ0n) is 20.9. The molecule has 0 unspecified atom stereocenters. The highest BCUT2D eigenvalue weighted by atomic mass is 35.5. The first-order valence-corrected chi connectivity index (χ1v) is 12.2. The maximum absolute atomic E-state index is 15.1. The van der Waals surface area contributed by atoms with Crippen LogP contribution in [0.25, 0.3) is 0 Å². The normalized spacial score (nSPS) is 13.8. The molecule has 2 N–H and O–H groups in total. The number of carboxylic acids is 2. The number of halogens is 4. The van der Waals surface area contributed by atoms with Gasteiger partial charge in [0.1, 0.15) is 22.9 Å². The fourth-order valence-electron chi connectivity index (χ4n) is 4.34. The fourth-order valence-corrected chi connectivity index (χ4v) is 4.75. The van der Waals surface area contributed by atoms with Gasteiger partial charge in [-0.25, -0.2) is 13.6 Å². The number of hydrogen-bond acceptors (Lipinski definition) is 4. The molecule has 0 aliphatic carbocycles. The average molecular weight is 539 g/mol. The lowest BCUT2D eigenvalue weighted by molar-refractivity contribution is -0.164. The van der Waals surface area contributed by atoms with E-state index in [9.17, 15) is 24.6 Å². The molecule has 35 heavy (non-hydrogen) atoms. The van der Waals surface area contributed by atoms with Crippen LogP contribution in [0.3, 0.4) is 0 Å². The standard InChI is InChI=1S/C24H34Cl2F2N2O5/c1-22(2,3)24(21(34)35,8-7-18(31)32)30(23(4,5)6)20(33)15-13-16(27)19(17(28)14-15)29(11-9-25)12-10-26/h13-14H,7-12H2,1-6H3,(H,31,32)(H,34,35)/t24-/m0/s1. The summed E-state index contributed by atoms with van der Waals surface area (Å²) in [7, 11) is 0. The van der Waals surface area contributed by atoms with Gasteiger partial charge in [0.05, 0.1) is 0 Å². The van der Waals surface area contributed by atoms with E-state index >= 15 is 8.78 Å². The van der Waals surface area contributed by atoms with Crippen LogP contribution in [0.5, 0.6) is 0 Å². The molecule has 0 aromatic heterocycles. The van der Waals surface area contributed by atoms with Crippen LogP contribution in [0.1, 0.15) is 64.7 Å². The first-order valence-electron chi connectivity index (χ1n) is 11.1. The minimum atomic E-state index is -2.00. The summed E-state index contributed by atoms with van der Waals surface area (Å²) in [5.74, 6) is -5.47. The second kappa shape index (κ2) is 11.7. The molecule has 0 bridgehead atoms. The Labute approximate surface area is 215 Å². The maximum Gasteiger partial charge on any atom is 0.330 e. The summed E-state index contributed by atoms with van der Waals surface area (Å²) in [5, 5.41) is 19.7. The molecule has 1 amide bonds. The lowest BCUT2D eigenvalue weighted by Crippen LogP contribution is -2.69. The number of rotatable bonds is 11. The summed E-state index contributed by atoms with van der Waals surface area (Å²) in [6, 6.07) is 1.70. The molecule has 0 fully saturated rings. The minimum absolute atomic E-state index is 0.0878. The number of anilines is 1. The molecule has 0 saturated heterocycles. The predicted molar refractivity (Wildman–Crippen MR) is 133 cm³/mol. The fraction of sp³-hybridized carbons (Fsp3) is 0.625. The van der Waals surface area contributed by atoms with Crippen molar-refractivity contribution in [2.45, 2.75) is 65.5 Å². The van der Waals surface area contributed by atoms with E-state index in [0.717, 1.165) is 17.0 Å². The zero-order valence-corrected chi connectivity index (χ0v) is 22.4. The number of aliphatic carboxylic acids is 2. The van der Waals surface area contributed by atoms with Gasteiger partial charge in [0.2, 0.25) is 0 Å². The summed E-state index contributed by atoms with van der Waals surface area (Å²) < 4.78 is 30.3. The van der Waals surface area contributed by atoms with E-state index in [2.05, 4.69) is 0 Å². The minimum Gasteiger partial charge on any atom is -0.481 e. The van der Waals surface area contributed by atoms with Gasteiger partial charge in [-0.15, -0.1) is 23.2 Å². The first-order chi connectivity index (χ1) is 15.9. The molecule has 198 valence electrons. The van der Waals surface area contributed by atoms with Crippen molar-refractivity contribution < 1.29 is 33.4 Å². The van der Waals surface area contributed by atoms with Gasteiger partial charge in [-0.3, -0.25) is 9.59 Å². The van der Waals surface area contributed by atoms with Gasteiger partial charge in [0.15, 0.2) is 0 Å². The third kappa shape index (κ3) is 6.76. The molecule has 0 spiro atoms. The number of alkyl halides is 2. The average Bonchev–Trinajstić information content (AvgIpc) is 2.68. The highest BCUT2D eigenvalue weighted by Crippen LogP contribution is 2.44. The molecule has 0 heterocycles. The highest BCUT2D eigenvalue weighted by molar-refractivity contribution is 6.18. The smallest absolute Gasteiger partial charge is 0.330 e. The predicted octanol–water partition coefficient (Wildman–Crippen LogP) is 5.22. The number of carbonyl (C=O) groups is 3. The van der Waals surface area contributed by atoms with Gasteiger partial charge in [-0.2, -0.15) is 0 Å². The van der Waals surface area contributed by atoms with Crippen molar-refractivity contribution in [3.05, 3.63) is 29.3 Å². The first kappa shape index (κ1) is 30.9. The van der Waals surface area contributed by atoms with Crippen LogP contribution in [0.2, 0.25) is 0 Å². The van der Waals surface area contributed by atoms with Crippen LogP contribution in [-0.4, -0.2) is 68.9 Å². The quantitative estimate of drug-likeness (QED) is 0.374. The van der Waals surface area contributed by atoms with Crippen molar-refractivity contribution in [1.82, 2.24) is 4.90 Å². The van der Waals surface area contributed by atoms with Crippen molar-refractivity contribution in [3.8, 4) is 0 Å². The largest absolute Gasteiger partial charge is 0.481 e. The van der Waals surface area contributed by atoms with Gasteiger partial charge in [-0.1, -0.05) is 20.8 Å². The van der Waals surface area contributed by atoms with Crippen LogP contribution in [0, 0.1) is 17.0 Å². The van der Waals surface area contributed by atoms with E-state index in [4.69, 9.17) is 23.2 Å². The van der Waals surface area contributed by atoms with Gasteiger partial charge < -0.3 is 20.0 Å². The molecule has 0 aliphatic heterocycles. The second-order valence-corrected chi connectivity index (χ2v) is 11.0. The second-order valence-electron chi connectivity index (χ2n) is 10.3. The summed E-state index contributed by atoms with van der Waals surface area (Å²) in [6.45, 7) is 9.71. The van der Waals surface area contributed by atoms with Crippen LogP contribution >= 0.6 is 23.2 Å². The van der Waals surface area contributed by atoms with Crippen LogP contribution < -0.4 is 4.90 Å². The van der Waals surface area contributed by atoms with E-state index in [1.807, 2.05) is 0 Å². The third-order valence-electron chi connectivity index (χ3n) is 5.84. The Balaban J connectivity index is 3.81. The number of amides is 1. The molecule has 1 rings (SSSR count). The number of nitrogens with zero attached hydrogens (tertiary/aromatic N) is 2. The van der Waals surface area contributed by atoms with Crippen molar-refractivity contribution in [2.24, 2.45) is 5.41 Å². The molecule has 0 aliphatic rings. The SMILES string of the molecule is CC(C)(C)N(C(=O)c1cc(F)c(N(CCCl)CCCl)c(F)c1)[C@@](CCC(=O)O)(C(=O)O)C(C)(C)C. The Morgan fingerprint density at radius 3 is 1.69 bits per heavy atom. The van der Waals surface area contributed by atoms with E-state index in [-0.39, 0.29) is 24.8 Å². The summed E-state index contributed by atoms with van der Waals surface area (Å²) in [6.07, 6.45) is -0.941. The molecular weight excluding hydrogens is 505 g/mol. The van der Waals surface area contributed by atoms with Crippen LogP contribution in [0.4, 0.5) is 14.5 Å². The Morgan fingerprint density at radius 1 is 0.914 bits per heavy atom. The molecule has 11 heteroatoms. The van der Waals surface area contributed by atoms with Gasteiger partial charge in [0, 0.05) is 42.4 Å². The molecule has 1 aromatic carbocycles. The lowest BCUT2D eigenvalue weighted by Gasteiger charge is -2.54. The van der Waals surface area contributed by atoms with Gasteiger partial charge >= 0.3 is 11.9 Å². The van der Waals surface area contributed by atoms with E-state index in [0.29, 0.717) is 0 Å². The number of hydrogen-bond donors (Lipinski definition) is 2. The monoisotopic (exact) mass is 538 g/mol. The van der Waals surface area contributed by atoms with Crippen molar-refractivity contribution >= 4 is 46.7 Å². The van der Waals surface area contributed by atoms with E-state index < -0.39 is 70.1 Å². The Hall–Kier alpha value is -2.13. The van der Waals surface area contributed by atoms with Crippen LogP contribution in [0.15, 0.2) is 12.1 Å². The van der Waals surface area contributed by atoms with Crippen molar-refractivity contribution in [2.75, 3.05) is 29.7 Å². The number of benzene rings is 1. The highest BCUT2D eigenvalue weighted by Gasteiger charge is 2.58. The van der Waals surface area contributed by atoms with E-state index in [1.165, 1.54) is 4.90 Å². The topological polar surface area (TPSA) is 98.2 Å². The summed E-state index contributed by atoms with van der Waals surface area (Å²) >= 11 is 11.5. The number of carbonyl (C=O) groups excluding carboxylic acids is 1. The van der Waals surface area contributed by atoms with Crippen LogP contribution in [-0.2, 0) is 9.59 Å². The molecule has 0 saturated carbocycles. The van der Waals surface area contributed by atoms with Gasteiger partial charge in [-0.05, 0) is 44.7 Å². The van der Waals surface area contributed by atoms with Crippen molar-refractivity contribution in [1.29, 1.82) is 0 Å². The molecule has 1 atom stereocenters. The Bertz CT molecular complexity index is 918. The summed E-state index contributed by atoms with van der Waals surface area (Å²) in [4.78, 5) is 40.3.